The number of carbonyl (C=O) groups is 1. The highest BCUT2D eigenvalue weighted by molar-refractivity contribution is 5.95. The van der Waals surface area contributed by atoms with Crippen LogP contribution in [0, 0.1) is 0 Å². The predicted octanol–water partition coefficient (Wildman–Crippen LogP) is 9.28. The number of amides is 1. The zero-order valence-corrected chi connectivity index (χ0v) is 20.4. The number of para-hydroxylation sites is 1. The first-order valence-electron chi connectivity index (χ1n) is 13.2. The van der Waals surface area contributed by atoms with Crippen LogP contribution in [0.3, 0.4) is 0 Å². The van der Waals surface area contributed by atoms with Gasteiger partial charge in [-0.2, -0.15) is 0 Å². The van der Waals surface area contributed by atoms with E-state index < -0.39 is 0 Å². The van der Waals surface area contributed by atoms with E-state index in [1.165, 1.54) is 83.5 Å². The fourth-order valence-electron chi connectivity index (χ4n) is 4.43. The monoisotopic (exact) mass is 435 g/mol. The Morgan fingerprint density at radius 1 is 0.625 bits per heavy atom. The van der Waals surface area contributed by atoms with Crippen LogP contribution in [-0.2, 0) is 4.79 Å². The van der Waals surface area contributed by atoms with Crippen LogP contribution in [0.1, 0.15) is 115 Å². The van der Waals surface area contributed by atoms with Gasteiger partial charge in [0, 0.05) is 5.69 Å². The van der Waals surface area contributed by atoms with Gasteiger partial charge in [0.2, 0.25) is 5.91 Å². The summed E-state index contributed by atoms with van der Waals surface area (Å²) in [5, 5.41) is 3.10. The summed E-state index contributed by atoms with van der Waals surface area (Å²) in [4.78, 5) is 13.0. The van der Waals surface area contributed by atoms with Gasteiger partial charge in [-0.3, -0.25) is 4.79 Å². The van der Waals surface area contributed by atoms with E-state index in [2.05, 4.69) is 24.4 Å². The van der Waals surface area contributed by atoms with Crippen molar-refractivity contribution in [3.8, 4) is 0 Å². The number of hydrogen-bond donors (Lipinski definition) is 1. The molecule has 0 aliphatic rings. The molecule has 0 fully saturated rings. The molecule has 0 bridgehead atoms. The van der Waals surface area contributed by atoms with E-state index in [1.54, 1.807) is 0 Å². The van der Waals surface area contributed by atoms with Crippen molar-refractivity contribution in [1.82, 2.24) is 0 Å². The minimum absolute atomic E-state index is 0.0752. The molecule has 0 saturated carbocycles. The fraction of sp³-hybridized carbons (Fsp3) is 0.567. The van der Waals surface area contributed by atoms with Crippen molar-refractivity contribution in [3.63, 3.8) is 0 Å². The highest BCUT2D eigenvalue weighted by atomic mass is 16.1. The molecule has 0 aliphatic heterocycles. The van der Waals surface area contributed by atoms with Gasteiger partial charge in [0.25, 0.3) is 0 Å². The molecule has 2 rings (SSSR count). The van der Waals surface area contributed by atoms with Crippen molar-refractivity contribution < 1.29 is 4.79 Å². The molecule has 0 aromatic heterocycles. The standard InChI is InChI=1S/C30H45NO/c1-2-3-4-5-6-7-8-9-10-11-12-13-14-21-26-29(27-22-17-15-18-23-27)30(32)31-28-24-19-16-20-25-28/h15-20,22-25,29H,2-14,21,26H2,1H3,(H,31,32). The first kappa shape index (κ1) is 26.2. The molecule has 2 heteroatoms. The summed E-state index contributed by atoms with van der Waals surface area (Å²) in [7, 11) is 0. The van der Waals surface area contributed by atoms with Gasteiger partial charge in [-0.25, -0.2) is 0 Å². The van der Waals surface area contributed by atoms with Crippen LogP contribution in [0.15, 0.2) is 60.7 Å². The number of unbranched alkanes of at least 4 members (excludes halogenated alkanes) is 13. The maximum atomic E-state index is 13.0. The second kappa shape index (κ2) is 17.5. The maximum Gasteiger partial charge on any atom is 0.231 e. The van der Waals surface area contributed by atoms with Crippen molar-refractivity contribution in [2.24, 2.45) is 0 Å². The lowest BCUT2D eigenvalue weighted by Crippen LogP contribution is -2.21. The highest BCUT2D eigenvalue weighted by Gasteiger charge is 2.20. The molecular weight excluding hydrogens is 390 g/mol. The van der Waals surface area contributed by atoms with E-state index in [-0.39, 0.29) is 11.8 Å². The number of rotatable bonds is 18. The summed E-state index contributed by atoms with van der Waals surface area (Å²) in [6.07, 6.45) is 19.9. The predicted molar refractivity (Wildman–Crippen MR) is 139 cm³/mol. The van der Waals surface area contributed by atoms with E-state index in [1.807, 2.05) is 48.5 Å². The number of anilines is 1. The quantitative estimate of drug-likeness (QED) is 0.232. The van der Waals surface area contributed by atoms with Gasteiger partial charge in [-0.15, -0.1) is 0 Å². The zero-order chi connectivity index (χ0) is 22.7. The second-order valence-electron chi connectivity index (χ2n) is 9.20. The van der Waals surface area contributed by atoms with Crippen LogP contribution in [0.5, 0.6) is 0 Å². The molecule has 0 heterocycles. The molecule has 2 nitrogen and oxygen atoms in total. The van der Waals surface area contributed by atoms with E-state index in [4.69, 9.17) is 0 Å². The summed E-state index contributed by atoms with van der Waals surface area (Å²) >= 11 is 0. The third-order valence-electron chi connectivity index (χ3n) is 6.41. The topological polar surface area (TPSA) is 29.1 Å². The largest absolute Gasteiger partial charge is 0.326 e. The number of nitrogens with one attached hydrogen (secondary N) is 1. The number of benzene rings is 2. The summed E-state index contributed by atoms with van der Waals surface area (Å²) in [5.41, 5.74) is 2.00. The average Bonchev–Trinajstić information content (AvgIpc) is 2.83. The first-order chi connectivity index (χ1) is 15.8. The number of hydrogen-bond acceptors (Lipinski definition) is 1. The normalized spacial score (nSPS) is 11.9. The third kappa shape index (κ3) is 11.5. The maximum absolute atomic E-state index is 13.0. The van der Waals surface area contributed by atoms with Gasteiger partial charge in [0.15, 0.2) is 0 Å². The molecule has 2 aromatic carbocycles. The third-order valence-corrected chi connectivity index (χ3v) is 6.41. The Bertz CT molecular complexity index is 697. The Hall–Kier alpha value is -2.09. The van der Waals surface area contributed by atoms with Crippen LogP contribution >= 0.6 is 0 Å². The minimum Gasteiger partial charge on any atom is -0.326 e. The molecular formula is C30H45NO. The Kier molecular flexibility index (Phi) is 14.3. The second-order valence-corrected chi connectivity index (χ2v) is 9.20. The molecule has 0 spiro atoms. The van der Waals surface area contributed by atoms with Crippen molar-refractivity contribution >= 4 is 11.6 Å². The Morgan fingerprint density at radius 3 is 1.56 bits per heavy atom. The Morgan fingerprint density at radius 2 is 1.06 bits per heavy atom. The van der Waals surface area contributed by atoms with Crippen molar-refractivity contribution in [3.05, 3.63) is 66.2 Å². The molecule has 1 atom stereocenters. The summed E-state index contributed by atoms with van der Waals surface area (Å²) in [5.74, 6) is 0.0332. The molecule has 1 N–H and O–H groups in total. The lowest BCUT2D eigenvalue weighted by atomic mass is 9.92. The van der Waals surface area contributed by atoms with E-state index in [0.29, 0.717) is 0 Å². The van der Waals surface area contributed by atoms with Crippen molar-refractivity contribution in [1.29, 1.82) is 0 Å². The smallest absolute Gasteiger partial charge is 0.231 e. The van der Waals surface area contributed by atoms with Gasteiger partial charge in [0.05, 0.1) is 5.92 Å². The number of carbonyl (C=O) groups excluding carboxylic acids is 1. The molecule has 1 unspecified atom stereocenters. The van der Waals surface area contributed by atoms with Crippen LogP contribution < -0.4 is 5.32 Å². The molecule has 2 aromatic rings. The lowest BCUT2D eigenvalue weighted by molar-refractivity contribution is -0.117. The van der Waals surface area contributed by atoms with E-state index in [0.717, 1.165) is 24.1 Å². The zero-order valence-electron chi connectivity index (χ0n) is 20.4. The van der Waals surface area contributed by atoms with Gasteiger partial charge in [-0.1, -0.05) is 145 Å². The van der Waals surface area contributed by atoms with Gasteiger partial charge in [0.1, 0.15) is 0 Å². The van der Waals surface area contributed by atoms with Gasteiger partial charge >= 0.3 is 0 Å². The van der Waals surface area contributed by atoms with E-state index >= 15 is 0 Å². The van der Waals surface area contributed by atoms with Crippen LogP contribution in [-0.4, -0.2) is 5.91 Å². The summed E-state index contributed by atoms with van der Waals surface area (Å²) in [6.45, 7) is 2.28. The minimum atomic E-state index is -0.0752. The molecule has 176 valence electrons. The molecule has 32 heavy (non-hydrogen) atoms. The van der Waals surface area contributed by atoms with Crippen molar-refractivity contribution in [2.75, 3.05) is 5.32 Å². The average molecular weight is 436 g/mol. The van der Waals surface area contributed by atoms with Crippen LogP contribution in [0.25, 0.3) is 0 Å². The van der Waals surface area contributed by atoms with Gasteiger partial charge < -0.3 is 5.32 Å². The first-order valence-corrected chi connectivity index (χ1v) is 13.2. The molecule has 0 saturated heterocycles. The van der Waals surface area contributed by atoms with Crippen LogP contribution in [0.4, 0.5) is 5.69 Å². The Balaban J connectivity index is 1.58. The fourth-order valence-corrected chi connectivity index (χ4v) is 4.43. The van der Waals surface area contributed by atoms with E-state index in [9.17, 15) is 4.79 Å². The Labute approximate surface area is 197 Å². The summed E-state index contributed by atoms with van der Waals surface area (Å²) in [6, 6.07) is 20.0. The lowest BCUT2D eigenvalue weighted by Gasteiger charge is -2.17. The summed E-state index contributed by atoms with van der Waals surface area (Å²) < 4.78 is 0. The SMILES string of the molecule is CCCCCCCCCCCCCCCCC(C(=O)Nc1ccccc1)c1ccccc1. The van der Waals surface area contributed by atoms with Crippen molar-refractivity contribution in [2.45, 2.75) is 109 Å². The van der Waals surface area contributed by atoms with Crippen LogP contribution in [0.2, 0.25) is 0 Å². The molecule has 1 amide bonds. The van der Waals surface area contributed by atoms with Gasteiger partial charge in [-0.05, 0) is 24.1 Å². The molecule has 0 radical (unpaired) electrons. The highest BCUT2D eigenvalue weighted by Crippen LogP contribution is 2.25. The molecule has 0 aliphatic carbocycles.